The molecule has 108 valence electrons. The Morgan fingerprint density at radius 3 is 2.80 bits per heavy atom. The van der Waals surface area contributed by atoms with Crippen LogP contribution in [0.4, 0.5) is 4.39 Å². The molecule has 1 aliphatic rings. The van der Waals surface area contributed by atoms with Crippen molar-refractivity contribution in [3.05, 3.63) is 35.6 Å². The van der Waals surface area contributed by atoms with E-state index in [9.17, 15) is 14.0 Å². The van der Waals surface area contributed by atoms with Gasteiger partial charge in [0.05, 0.1) is 0 Å². The van der Waals surface area contributed by atoms with Gasteiger partial charge in [0.2, 0.25) is 11.8 Å². The molecule has 1 heterocycles. The van der Waals surface area contributed by atoms with Crippen LogP contribution in [-0.2, 0) is 9.59 Å². The zero-order chi connectivity index (χ0) is 14.5. The van der Waals surface area contributed by atoms with Crippen LogP contribution in [0.5, 0.6) is 0 Å². The fraction of sp³-hybridized carbons (Fsp3) is 0.429. The maximum Gasteiger partial charge on any atom is 0.247 e. The molecule has 1 saturated heterocycles. The lowest BCUT2D eigenvalue weighted by molar-refractivity contribution is -0.143. The topological polar surface area (TPSA) is 49.4 Å². The number of piperazine rings is 1. The maximum absolute atomic E-state index is 13.0. The van der Waals surface area contributed by atoms with Crippen LogP contribution in [0.3, 0.4) is 0 Å². The van der Waals surface area contributed by atoms with Gasteiger partial charge in [-0.2, -0.15) is 11.8 Å². The highest BCUT2D eigenvalue weighted by Crippen LogP contribution is 2.24. The normalized spacial score (nSPS) is 18.8. The summed E-state index contributed by atoms with van der Waals surface area (Å²) in [5.41, 5.74) is 0.640. The smallest absolute Gasteiger partial charge is 0.247 e. The van der Waals surface area contributed by atoms with Gasteiger partial charge in [-0.05, 0) is 24.0 Å². The molecule has 4 nitrogen and oxygen atoms in total. The molecule has 0 spiro atoms. The van der Waals surface area contributed by atoms with Gasteiger partial charge >= 0.3 is 0 Å². The van der Waals surface area contributed by atoms with Crippen molar-refractivity contribution in [3.63, 3.8) is 0 Å². The summed E-state index contributed by atoms with van der Waals surface area (Å²) >= 11 is 1.60. The molecule has 0 saturated carbocycles. The number of amides is 2. The number of hydrogen-bond acceptors (Lipinski definition) is 3. The summed E-state index contributed by atoms with van der Waals surface area (Å²) < 4.78 is 13.0. The van der Waals surface area contributed by atoms with E-state index in [2.05, 4.69) is 5.32 Å². The fourth-order valence-electron chi connectivity index (χ4n) is 2.24. The van der Waals surface area contributed by atoms with E-state index in [-0.39, 0.29) is 17.6 Å². The first-order valence-corrected chi connectivity index (χ1v) is 7.84. The van der Waals surface area contributed by atoms with Gasteiger partial charge in [0, 0.05) is 25.3 Å². The molecule has 2 amide bonds. The van der Waals surface area contributed by atoms with Gasteiger partial charge in [0.15, 0.2) is 0 Å². The van der Waals surface area contributed by atoms with Crippen molar-refractivity contribution < 1.29 is 14.0 Å². The Bertz CT molecular complexity index is 492. The van der Waals surface area contributed by atoms with E-state index in [4.69, 9.17) is 0 Å². The van der Waals surface area contributed by atoms with E-state index in [1.807, 2.05) is 6.26 Å². The number of nitrogens with zero attached hydrogens (tertiary/aromatic N) is 1. The minimum absolute atomic E-state index is 0.0384. The Morgan fingerprint density at radius 1 is 1.45 bits per heavy atom. The van der Waals surface area contributed by atoms with Gasteiger partial charge in [-0.15, -0.1) is 0 Å². The van der Waals surface area contributed by atoms with Crippen LogP contribution in [-0.4, -0.2) is 41.8 Å². The monoisotopic (exact) mass is 296 g/mol. The molecule has 6 heteroatoms. The van der Waals surface area contributed by atoms with Crippen molar-refractivity contribution in [1.82, 2.24) is 10.2 Å². The summed E-state index contributed by atoms with van der Waals surface area (Å²) in [4.78, 5) is 25.9. The zero-order valence-corrected chi connectivity index (χ0v) is 12.1. The van der Waals surface area contributed by atoms with Crippen LogP contribution in [0.1, 0.15) is 18.0 Å². The van der Waals surface area contributed by atoms with Crippen molar-refractivity contribution >= 4 is 23.6 Å². The Balaban J connectivity index is 2.22. The number of hydrogen-bond donors (Lipinski definition) is 1. The van der Waals surface area contributed by atoms with Crippen molar-refractivity contribution in [2.24, 2.45) is 0 Å². The molecule has 1 aliphatic heterocycles. The Morgan fingerprint density at radius 2 is 2.15 bits per heavy atom. The number of carbonyl (C=O) groups excluding carboxylic acids is 2. The second kappa shape index (κ2) is 6.74. The Kier molecular flexibility index (Phi) is 5.00. The second-order valence-electron chi connectivity index (χ2n) is 4.58. The minimum atomic E-state index is -0.654. The number of rotatable bonds is 4. The fourth-order valence-corrected chi connectivity index (χ4v) is 2.62. The Labute approximate surface area is 121 Å². The quantitative estimate of drug-likeness (QED) is 0.918. The molecule has 1 fully saturated rings. The molecule has 0 unspecified atom stereocenters. The molecule has 1 atom stereocenters. The van der Waals surface area contributed by atoms with E-state index >= 15 is 0 Å². The first kappa shape index (κ1) is 14.8. The molecule has 0 bridgehead atoms. The molecule has 0 radical (unpaired) electrons. The first-order valence-electron chi connectivity index (χ1n) is 6.45. The molecule has 0 aliphatic carbocycles. The van der Waals surface area contributed by atoms with Gasteiger partial charge in [0.25, 0.3) is 0 Å². The standard InChI is InChI=1S/C14H17FN2O2S/c1-20-9-6-12(18)17-8-7-16-14(19)13(17)10-2-4-11(15)5-3-10/h2-5,13H,6-9H2,1H3,(H,16,19)/t13-/m1/s1. The van der Waals surface area contributed by atoms with Gasteiger partial charge in [-0.3, -0.25) is 9.59 Å². The van der Waals surface area contributed by atoms with Crippen LogP contribution in [0.2, 0.25) is 0 Å². The lowest BCUT2D eigenvalue weighted by Crippen LogP contribution is -2.52. The van der Waals surface area contributed by atoms with Crippen molar-refractivity contribution in [3.8, 4) is 0 Å². The maximum atomic E-state index is 13.0. The summed E-state index contributed by atoms with van der Waals surface area (Å²) in [7, 11) is 0. The average molecular weight is 296 g/mol. The van der Waals surface area contributed by atoms with Gasteiger partial charge in [0.1, 0.15) is 11.9 Å². The molecule has 20 heavy (non-hydrogen) atoms. The zero-order valence-electron chi connectivity index (χ0n) is 11.3. The van der Waals surface area contributed by atoms with Crippen LogP contribution in [0, 0.1) is 5.82 Å². The molecule has 1 N–H and O–H groups in total. The van der Waals surface area contributed by atoms with E-state index in [1.165, 1.54) is 12.1 Å². The van der Waals surface area contributed by atoms with Crippen molar-refractivity contribution in [1.29, 1.82) is 0 Å². The Hall–Kier alpha value is -1.56. The third-order valence-electron chi connectivity index (χ3n) is 3.24. The SMILES string of the molecule is CSCCC(=O)N1CCNC(=O)[C@H]1c1ccc(F)cc1. The average Bonchev–Trinajstić information content (AvgIpc) is 2.45. The highest BCUT2D eigenvalue weighted by Gasteiger charge is 2.33. The van der Waals surface area contributed by atoms with Crippen LogP contribution >= 0.6 is 11.8 Å². The third-order valence-corrected chi connectivity index (χ3v) is 3.85. The van der Waals surface area contributed by atoms with E-state index in [1.54, 1.807) is 28.8 Å². The number of halogens is 1. The van der Waals surface area contributed by atoms with Gasteiger partial charge < -0.3 is 10.2 Å². The second-order valence-corrected chi connectivity index (χ2v) is 5.56. The first-order chi connectivity index (χ1) is 9.63. The predicted molar refractivity (Wildman–Crippen MR) is 76.9 cm³/mol. The molecular formula is C14H17FN2O2S. The van der Waals surface area contributed by atoms with Crippen molar-refractivity contribution in [2.75, 3.05) is 25.1 Å². The van der Waals surface area contributed by atoms with Crippen LogP contribution in [0.25, 0.3) is 0 Å². The lowest BCUT2D eigenvalue weighted by atomic mass is 10.0. The summed E-state index contributed by atoms with van der Waals surface area (Å²) in [6, 6.07) is 5.07. The van der Waals surface area contributed by atoms with Gasteiger partial charge in [-0.1, -0.05) is 12.1 Å². The van der Waals surface area contributed by atoms with E-state index in [0.29, 0.717) is 25.1 Å². The highest BCUT2D eigenvalue weighted by atomic mass is 32.2. The van der Waals surface area contributed by atoms with Gasteiger partial charge in [-0.25, -0.2) is 4.39 Å². The van der Waals surface area contributed by atoms with E-state index in [0.717, 1.165) is 5.75 Å². The molecule has 2 rings (SSSR count). The molecule has 0 aromatic heterocycles. The molecule has 1 aromatic rings. The number of carbonyl (C=O) groups is 2. The number of thioether (sulfide) groups is 1. The minimum Gasteiger partial charge on any atom is -0.352 e. The summed E-state index contributed by atoms with van der Waals surface area (Å²) in [5, 5.41) is 2.75. The van der Waals surface area contributed by atoms with Crippen molar-refractivity contribution in [2.45, 2.75) is 12.5 Å². The molecule has 1 aromatic carbocycles. The number of benzene rings is 1. The largest absolute Gasteiger partial charge is 0.352 e. The molecular weight excluding hydrogens is 279 g/mol. The third kappa shape index (κ3) is 3.30. The summed E-state index contributed by atoms with van der Waals surface area (Å²) in [6.45, 7) is 0.947. The lowest BCUT2D eigenvalue weighted by Gasteiger charge is -2.35. The highest BCUT2D eigenvalue weighted by molar-refractivity contribution is 7.98. The number of nitrogens with one attached hydrogen (secondary N) is 1. The summed E-state index contributed by atoms with van der Waals surface area (Å²) in [5.74, 6) is 0.127. The van der Waals surface area contributed by atoms with E-state index < -0.39 is 6.04 Å². The summed E-state index contributed by atoms with van der Waals surface area (Å²) in [6.07, 6.45) is 2.35. The predicted octanol–water partition coefficient (Wildman–Crippen LogP) is 1.58. The van der Waals surface area contributed by atoms with Crippen LogP contribution < -0.4 is 5.32 Å². The van der Waals surface area contributed by atoms with Crippen LogP contribution in [0.15, 0.2) is 24.3 Å².